The van der Waals surface area contributed by atoms with E-state index in [0.717, 1.165) is 12.6 Å². The molecule has 0 aromatic carbocycles. The molecule has 0 atom stereocenters. The fourth-order valence-corrected chi connectivity index (χ4v) is 3.09. The maximum absolute atomic E-state index is 12.0. The van der Waals surface area contributed by atoms with Crippen LogP contribution in [0.5, 0.6) is 0 Å². The molecular formula is C11H16N4O5S. The number of piperidine rings is 1. The number of nitrogens with one attached hydrogen (secondary N) is 2. The Morgan fingerprint density at radius 2 is 2.05 bits per heavy atom. The van der Waals surface area contributed by atoms with Gasteiger partial charge in [0.2, 0.25) is 10.0 Å². The van der Waals surface area contributed by atoms with E-state index in [1.54, 1.807) is 0 Å². The Labute approximate surface area is 121 Å². The number of carbonyl (C=O) groups excluding carboxylic acids is 1. The number of aromatic nitrogens is 2. The summed E-state index contributed by atoms with van der Waals surface area (Å²) >= 11 is 0. The minimum atomic E-state index is -3.21. The van der Waals surface area contributed by atoms with Crippen molar-refractivity contribution < 1.29 is 23.1 Å². The first kappa shape index (κ1) is 15.4. The number of aromatic carboxylic acids is 1. The topological polar surface area (TPSA) is 132 Å². The van der Waals surface area contributed by atoms with Crippen LogP contribution in [0.15, 0.2) is 6.33 Å². The fourth-order valence-electron chi connectivity index (χ4n) is 2.22. The number of amides is 1. The van der Waals surface area contributed by atoms with Crippen LogP contribution in [0.25, 0.3) is 0 Å². The van der Waals surface area contributed by atoms with Crippen molar-refractivity contribution in [1.82, 2.24) is 19.6 Å². The van der Waals surface area contributed by atoms with Gasteiger partial charge in [-0.05, 0) is 12.8 Å². The first-order valence-electron chi connectivity index (χ1n) is 6.31. The Bertz CT molecular complexity index is 645. The monoisotopic (exact) mass is 316 g/mol. The van der Waals surface area contributed by atoms with E-state index in [0.29, 0.717) is 25.9 Å². The van der Waals surface area contributed by atoms with E-state index in [2.05, 4.69) is 15.3 Å². The Morgan fingerprint density at radius 1 is 1.43 bits per heavy atom. The molecule has 0 saturated carbocycles. The van der Waals surface area contributed by atoms with Crippen LogP contribution in [0.4, 0.5) is 0 Å². The zero-order chi connectivity index (χ0) is 15.6. The second-order valence-corrected chi connectivity index (χ2v) is 6.82. The predicted molar refractivity (Wildman–Crippen MR) is 72.5 cm³/mol. The number of carboxylic acids is 1. The van der Waals surface area contributed by atoms with Crippen LogP contribution < -0.4 is 5.32 Å². The Morgan fingerprint density at radius 3 is 2.57 bits per heavy atom. The summed E-state index contributed by atoms with van der Waals surface area (Å²) in [6.45, 7) is 0.659. The average Bonchev–Trinajstić information content (AvgIpc) is 2.87. The molecule has 1 amide bonds. The highest BCUT2D eigenvalue weighted by Crippen LogP contribution is 2.14. The minimum Gasteiger partial charge on any atom is -0.477 e. The lowest BCUT2D eigenvalue weighted by Gasteiger charge is -2.30. The normalized spacial score (nSPS) is 17.6. The first-order valence-corrected chi connectivity index (χ1v) is 8.16. The van der Waals surface area contributed by atoms with Crippen LogP contribution in [-0.2, 0) is 10.0 Å². The molecule has 1 saturated heterocycles. The maximum atomic E-state index is 12.0. The lowest BCUT2D eigenvalue weighted by molar-refractivity contribution is 0.0684. The number of carbonyl (C=O) groups is 2. The third-order valence-corrected chi connectivity index (χ3v) is 4.63. The first-order chi connectivity index (χ1) is 9.79. The van der Waals surface area contributed by atoms with Crippen molar-refractivity contribution in [2.75, 3.05) is 19.3 Å². The van der Waals surface area contributed by atoms with Gasteiger partial charge in [-0.15, -0.1) is 0 Å². The summed E-state index contributed by atoms with van der Waals surface area (Å²) in [6.07, 6.45) is 3.25. The Kier molecular flexibility index (Phi) is 4.28. The lowest BCUT2D eigenvalue weighted by atomic mass is 10.1. The summed E-state index contributed by atoms with van der Waals surface area (Å²) in [6, 6.07) is -0.200. The van der Waals surface area contributed by atoms with Gasteiger partial charge in [0.15, 0.2) is 11.4 Å². The summed E-state index contributed by atoms with van der Waals surface area (Å²) in [5.41, 5.74) is -0.436. The standard InChI is InChI=1S/C11H16N4O5S/c1-21(19,20)15-4-2-7(3-5-15)14-10(16)8-9(11(17)18)13-6-12-8/h6-7H,2-5H2,1H3,(H,12,13)(H,14,16)(H,17,18). The SMILES string of the molecule is CS(=O)(=O)N1CCC(NC(=O)c2nc[nH]c2C(=O)O)CC1. The third-order valence-electron chi connectivity index (χ3n) is 3.33. The summed E-state index contributed by atoms with van der Waals surface area (Å²) < 4.78 is 24.1. The van der Waals surface area contributed by atoms with E-state index in [4.69, 9.17) is 5.11 Å². The van der Waals surface area contributed by atoms with Gasteiger partial charge in [0.25, 0.3) is 5.91 Å². The van der Waals surface area contributed by atoms with Crippen LogP contribution in [0.3, 0.4) is 0 Å². The summed E-state index contributed by atoms with van der Waals surface area (Å²) in [5, 5.41) is 11.6. The van der Waals surface area contributed by atoms with Crippen molar-refractivity contribution in [2.24, 2.45) is 0 Å². The van der Waals surface area contributed by atoms with Crippen molar-refractivity contribution in [3.8, 4) is 0 Å². The molecule has 1 aliphatic rings. The van der Waals surface area contributed by atoms with Crippen molar-refractivity contribution in [2.45, 2.75) is 18.9 Å². The summed E-state index contributed by atoms with van der Waals surface area (Å²) in [5.74, 6) is -1.84. The third kappa shape index (κ3) is 3.58. The molecule has 10 heteroatoms. The quantitative estimate of drug-likeness (QED) is 0.670. The second-order valence-electron chi connectivity index (χ2n) is 4.84. The molecule has 0 radical (unpaired) electrons. The van der Waals surface area contributed by atoms with E-state index >= 15 is 0 Å². The van der Waals surface area contributed by atoms with Crippen molar-refractivity contribution in [3.05, 3.63) is 17.7 Å². The molecule has 0 bridgehead atoms. The highest BCUT2D eigenvalue weighted by Gasteiger charge is 2.27. The van der Waals surface area contributed by atoms with Crippen LogP contribution in [0.2, 0.25) is 0 Å². The lowest BCUT2D eigenvalue weighted by Crippen LogP contribution is -2.46. The zero-order valence-corrected chi connectivity index (χ0v) is 12.2. The molecule has 9 nitrogen and oxygen atoms in total. The molecular weight excluding hydrogens is 300 g/mol. The molecule has 1 fully saturated rings. The maximum Gasteiger partial charge on any atom is 0.354 e. The second kappa shape index (κ2) is 5.82. The number of nitrogens with zero attached hydrogens (tertiary/aromatic N) is 2. The highest BCUT2D eigenvalue weighted by molar-refractivity contribution is 7.88. The fraction of sp³-hybridized carbons (Fsp3) is 0.545. The predicted octanol–water partition coefficient (Wildman–Crippen LogP) is -0.738. The molecule has 21 heavy (non-hydrogen) atoms. The molecule has 0 unspecified atom stereocenters. The average molecular weight is 316 g/mol. The number of carboxylic acid groups (broad SMARTS) is 1. The van der Waals surface area contributed by atoms with E-state index in [9.17, 15) is 18.0 Å². The van der Waals surface area contributed by atoms with Gasteiger partial charge in [0, 0.05) is 19.1 Å². The Balaban J connectivity index is 1.96. The van der Waals surface area contributed by atoms with Gasteiger partial charge < -0.3 is 15.4 Å². The highest BCUT2D eigenvalue weighted by atomic mass is 32.2. The molecule has 116 valence electrons. The number of hydrogen-bond donors (Lipinski definition) is 3. The van der Waals surface area contributed by atoms with Gasteiger partial charge in [-0.1, -0.05) is 0 Å². The van der Waals surface area contributed by atoms with Gasteiger partial charge in [-0.25, -0.2) is 22.5 Å². The van der Waals surface area contributed by atoms with Crippen molar-refractivity contribution in [3.63, 3.8) is 0 Å². The molecule has 2 heterocycles. The van der Waals surface area contributed by atoms with Crippen LogP contribution >= 0.6 is 0 Å². The van der Waals surface area contributed by atoms with E-state index in [1.807, 2.05) is 0 Å². The number of H-pyrrole nitrogens is 1. The summed E-state index contributed by atoms with van der Waals surface area (Å²) in [4.78, 5) is 29.0. The van der Waals surface area contributed by atoms with Crippen LogP contribution in [-0.4, -0.2) is 65.1 Å². The summed E-state index contributed by atoms with van der Waals surface area (Å²) in [7, 11) is -3.21. The van der Waals surface area contributed by atoms with Gasteiger partial charge in [0.1, 0.15) is 0 Å². The van der Waals surface area contributed by atoms with Crippen molar-refractivity contribution in [1.29, 1.82) is 0 Å². The number of hydrogen-bond acceptors (Lipinski definition) is 5. The van der Waals surface area contributed by atoms with Gasteiger partial charge in [0.05, 0.1) is 12.6 Å². The number of imidazole rings is 1. The molecule has 1 aliphatic heterocycles. The van der Waals surface area contributed by atoms with E-state index in [1.165, 1.54) is 4.31 Å². The minimum absolute atomic E-state index is 0.173. The molecule has 3 N–H and O–H groups in total. The largest absolute Gasteiger partial charge is 0.477 e. The van der Waals surface area contributed by atoms with Gasteiger partial charge >= 0.3 is 5.97 Å². The number of sulfonamides is 1. The van der Waals surface area contributed by atoms with Gasteiger partial charge in [-0.3, -0.25) is 4.79 Å². The van der Waals surface area contributed by atoms with Gasteiger partial charge in [-0.2, -0.15) is 0 Å². The molecule has 1 aromatic heterocycles. The van der Waals surface area contributed by atoms with E-state index in [-0.39, 0.29) is 17.4 Å². The van der Waals surface area contributed by atoms with Crippen LogP contribution in [0.1, 0.15) is 33.8 Å². The molecule has 0 aliphatic carbocycles. The molecule has 0 spiro atoms. The van der Waals surface area contributed by atoms with Crippen LogP contribution in [0, 0.1) is 0 Å². The molecule has 1 aromatic rings. The number of aromatic amines is 1. The Hall–Kier alpha value is -1.94. The van der Waals surface area contributed by atoms with E-state index < -0.39 is 21.9 Å². The van der Waals surface area contributed by atoms with Crippen molar-refractivity contribution >= 4 is 21.9 Å². The smallest absolute Gasteiger partial charge is 0.354 e. The molecule has 2 rings (SSSR count). The number of rotatable bonds is 4. The zero-order valence-electron chi connectivity index (χ0n) is 11.4.